The number of alkyl halides is 1. The van der Waals surface area contributed by atoms with E-state index in [0.29, 0.717) is 30.1 Å². The van der Waals surface area contributed by atoms with Crippen LogP contribution in [0.15, 0.2) is 48.5 Å². The Morgan fingerprint density at radius 2 is 1.35 bits per heavy atom. The highest BCUT2D eigenvalue weighted by Gasteiger charge is 2.10. The lowest BCUT2D eigenvalue weighted by Gasteiger charge is -2.11. The second kappa shape index (κ2) is 14.4. The number of hydrogen-bond acceptors (Lipinski definition) is 4. The number of benzene rings is 2. The lowest BCUT2D eigenvalue weighted by Crippen LogP contribution is -2.13. The molecule has 0 heterocycles. The average Bonchev–Trinajstić information content (AvgIpc) is 2.80. The number of rotatable bonds is 15. The Morgan fingerprint density at radius 1 is 0.774 bits per heavy atom. The van der Waals surface area contributed by atoms with Crippen LogP contribution in [0.1, 0.15) is 75.6 Å². The molecule has 0 N–H and O–H groups in total. The van der Waals surface area contributed by atoms with E-state index in [0.717, 1.165) is 25.0 Å². The average molecular weight is 431 g/mol. The lowest BCUT2D eigenvalue weighted by atomic mass is 10.2. The fraction of sp³-hybridized carbons (Fsp3) is 0.500. The van der Waals surface area contributed by atoms with Crippen LogP contribution in [-0.4, -0.2) is 25.4 Å². The first-order valence-corrected chi connectivity index (χ1v) is 11.4. The van der Waals surface area contributed by atoms with Gasteiger partial charge in [0.2, 0.25) is 0 Å². The van der Waals surface area contributed by atoms with Crippen molar-refractivity contribution in [3.05, 3.63) is 54.1 Å². The molecule has 5 heteroatoms. The third-order valence-electron chi connectivity index (χ3n) is 4.94. The summed E-state index contributed by atoms with van der Waals surface area (Å²) in [7, 11) is 0. The van der Waals surface area contributed by atoms with E-state index in [4.69, 9.17) is 14.2 Å². The molecule has 2 rings (SSSR count). The molecule has 0 amide bonds. The van der Waals surface area contributed by atoms with E-state index >= 15 is 0 Å². The maximum Gasteiger partial charge on any atom is 0.343 e. The minimum atomic E-state index is -0.974. The van der Waals surface area contributed by atoms with Crippen LogP contribution in [0.25, 0.3) is 0 Å². The molecule has 0 aromatic heterocycles. The number of halogens is 1. The molecule has 2 aromatic rings. The zero-order chi connectivity index (χ0) is 22.3. The quantitative estimate of drug-likeness (QED) is 0.171. The standard InChI is InChI=1S/C26H35FO4/c1-3-5-7-8-9-19-29-23-15-17-25(18-16-23)31-26(28)21-11-13-24(14-12-21)30-20-22(27)10-6-4-2/h11-18,22H,3-10,19-20H2,1-2H3. The molecular weight excluding hydrogens is 395 g/mol. The number of carbonyl (C=O) groups is 1. The van der Waals surface area contributed by atoms with Crippen LogP contribution < -0.4 is 14.2 Å². The van der Waals surface area contributed by atoms with Crippen LogP contribution >= 0.6 is 0 Å². The van der Waals surface area contributed by atoms with E-state index in [-0.39, 0.29) is 6.61 Å². The van der Waals surface area contributed by atoms with Crippen LogP contribution in [-0.2, 0) is 0 Å². The van der Waals surface area contributed by atoms with Crippen LogP contribution in [0.3, 0.4) is 0 Å². The van der Waals surface area contributed by atoms with Gasteiger partial charge in [0.1, 0.15) is 30.0 Å². The summed E-state index contributed by atoms with van der Waals surface area (Å²) in [5.74, 6) is 1.30. The van der Waals surface area contributed by atoms with Gasteiger partial charge in [-0.3, -0.25) is 0 Å². The molecule has 170 valence electrons. The summed E-state index contributed by atoms with van der Waals surface area (Å²) in [5.41, 5.74) is 0.405. The predicted octanol–water partition coefficient (Wildman–Crippen LogP) is 7.16. The highest BCUT2D eigenvalue weighted by molar-refractivity contribution is 5.91. The summed E-state index contributed by atoms with van der Waals surface area (Å²) in [6, 6.07) is 13.6. The molecule has 0 aliphatic rings. The Labute approximate surface area is 185 Å². The molecule has 0 saturated carbocycles. The van der Waals surface area contributed by atoms with Gasteiger partial charge in [0, 0.05) is 0 Å². The van der Waals surface area contributed by atoms with Crippen LogP contribution in [0.4, 0.5) is 4.39 Å². The smallest absolute Gasteiger partial charge is 0.343 e. The molecule has 0 radical (unpaired) electrons. The molecule has 0 saturated heterocycles. The van der Waals surface area contributed by atoms with Crippen molar-refractivity contribution in [2.45, 2.75) is 71.4 Å². The number of ether oxygens (including phenoxy) is 3. The molecule has 0 bridgehead atoms. The minimum absolute atomic E-state index is 0.0248. The number of carbonyl (C=O) groups excluding carboxylic acids is 1. The zero-order valence-electron chi connectivity index (χ0n) is 18.8. The van der Waals surface area contributed by atoms with Gasteiger partial charge in [-0.15, -0.1) is 0 Å². The highest BCUT2D eigenvalue weighted by Crippen LogP contribution is 2.20. The van der Waals surface area contributed by atoms with Gasteiger partial charge < -0.3 is 14.2 Å². The number of unbranched alkanes of at least 4 members (excludes halogenated alkanes) is 5. The Bertz CT molecular complexity index is 743. The van der Waals surface area contributed by atoms with E-state index < -0.39 is 12.1 Å². The van der Waals surface area contributed by atoms with E-state index in [1.165, 1.54) is 25.7 Å². The molecule has 4 nitrogen and oxygen atoms in total. The highest BCUT2D eigenvalue weighted by atomic mass is 19.1. The van der Waals surface area contributed by atoms with Crippen molar-refractivity contribution in [2.75, 3.05) is 13.2 Å². The minimum Gasteiger partial charge on any atom is -0.494 e. The van der Waals surface area contributed by atoms with Crippen LogP contribution in [0, 0.1) is 0 Å². The van der Waals surface area contributed by atoms with Gasteiger partial charge in [0.15, 0.2) is 0 Å². The predicted molar refractivity (Wildman–Crippen MR) is 122 cm³/mol. The zero-order valence-corrected chi connectivity index (χ0v) is 18.8. The van der Waals surface area contributed by atoms with Crippen LogP contribution in [0.2, 0.25) is 0 Å². The summed E-state index contributed by atoms with van der Waals surface area (Å²) < 4.78 is 30.3. The van der Waals surface area contributed by atoms with Crippen molar-refractivity contribution in [3.63, 3.8) is 0 Å². The van der Waals surface area contributed by atoms with Crippen LogP contribution in [0.5, 0.6) is 17.2 Å². The molecule has 0 aliphatic carbocycles. The van der Waals surface area contributed by atoms with Gasteiger partial charge in [0.05, 0.1) is 12.2 Å². The number of esters is 1. The van der Waals surface area contributed by atoms with E-state index in [1.807, 2.05) is 6.92 Å². The van der Waals surface area contributed by atoms with Gasteiger partial charge in [-0.2, -0.15) is 0 Å². The summed E-state index contributed by atoms with van der Waals surface area (Å²) in [5, 5.41) is 0. The van der Waals surface area contributed by atoms with E-state index in [9.17, 15) is 9.18 Å². The van der Waals surface area contributed by atoms with Crippen molar-refractivity contribution in [2.24, 2.45) is 0 Å². The monoisotopic (exact) mass is 430 g/mol. The van der Waals surface area contributed by atoms with Gasteiger partial charge in [-0.25, -0.2) is 9.18 Å². The fourth-order valence-electron chi connectivity index (χ4n) is 3.05. The molecule has 2 aromatic carbocycles. The Morgan fingerprint density at radius 3 is 2.03 bits per heavy atom. The fourth-order valence-corrected chi connectivity index (χ4v) is 3.05. The normalized spacial score (nSPS) is 11.7. The Kier molecular flexibility index (Phi) is 11.5. The van der Waals surface area contributed by atoms with E-state index in [2.05, 4.69) is 6.92 Å². The SMILES string of the molecule is CCCCCCCOc1ccc(OC(=O)c2ccc(OCC(F)CCCC)cc2)cc1. The Balaban J connectivity index is 1.74. The third kappa shape index (κ3) is 9.86. The van der Waals surface area contributed by atoms with Gasteiger partial charge in [-0.1, -0.05) is 52.4 Å². The molecule has 1 atom stereocenters. The molecule has 1 unspecified atom stereocenters. The Hall–Kier alpha value is -2.56. The molecular formula is C26H35FO4. The maximum absolute atomic E-state index is 13.7. The second-order valence-corrected chi connectivity index (χ2v) is 7.70. The van der Waals surface area contributed by atoms with Gasteiger partial charge >= 0.3 is 5.97 Å². The summed E-state index contributed by atoms with van der Waals surface area (Å²) >= 11 is 0. The third-order valence-corrected chi connectivity index (χ3v) is 4.94. The van der Waals surface area contributed by atoms with Gasteiger partial charge in [-0.05, 0) is 61.4 Å². The molecule has 0 aliphatic heterocycles. The van der Waals surface area contributed by atoms with Gasteiger partial charge in [0.25, 0.3) is 0 Å². The first kappa shape index (κ1) is 24.7. The topological polar surface area (TPSA) is 44.8 Å². The summed E-state index contributed by atoms with van der Waals surface area (Å²) in [4.78, 5) is 12.3. The molecule has 0 spiro atoms. The first-order valence-electron chi connectivity index (χ1n) is 11.4. The summed E-state index contributed by atoms with van der Waals surface area (Å²) in [6.07, 6.45) is 7.32. The van der Waals surface area contributed by atoms with Crippen molar-refractivity contribution in [3.8, 4) is 17.2 Å². The second-order valence-electron chi connectivity index (χ2n) is 7.70. The van der Waals surface area contributed by atoms with E-state index in [1.54, 1.807) is 48.5 Å². The van der Waals surface area contributed by atoms with Crippen molar-refractivity contribution in [1.82, 2.24) is 0 Å². The molecule has 31 heavy (non-hydrogen) atoms. The van der Waals surface area contributed by atoms with Crippen molar-refractivity contribution >= 4 is 5.97 Å². The first-order chi connectivity index (χ1) is 15.1. The van der Waals surface area contributed by atoms with Crippen molar-refractivity contribution in [1.29, 1.82) is 0 Å². The lowest BCUT2D eigenvalue weighted by molar-refractivity contribution is 0.0734. The van der Waals surface area contributed by atoms with Crippen molar-refractivity contribution < 1.29 is 23.4 Å². The molecule has 0 fully saturated rings. The largest absolute Gasteiger partial charge is 0.494 e. The maximum atomic E-state index is 13.7. The number of hydrogen-bond donors (Lipinski definition) is 0. The summed E-state index contributed by atoms with van der Waals surface area (Å²) in [6.45, 7) is 4.95.